The highest BCUT2D eigenvalue weighted by Crippen LogP contribution is 2.53. The number of benzene rings is 1. The molecule has 0 heterocycles. The molecule has 4 atom stereocenters. The minimum absolute atomic E-state index is 0.00209. The average molecular weight is 531 g/mol. The van der Waals surface area contributed by atoms with Crippen LogP contribution in [0.15, 0.2) is 16.9 Å². The van der Waals surface area contributed by atoms with Gasteiger partial charge in [-0.05, 0) is 58.5 Å². The number of hydrogen-bond acceptors (Lipinski definition) is 8. The number of rotatable bonds is 8. The van der Waals surface area contributed by atoms with Gasteiger partial charge in [0.25, 0.3) is 0 Å². The highest BCUT2D eigenvalue weighted by atomic mass is 19.1. The van der Waals surface area contributed by atoms with Gasteiger partial charge in [0.2, 0.25) is 12.2 Å². The maximum Gasteiger partial charge on any atom is 0.211 e. The van der Waals surface area contributed by atoms with Crippen LogP contribution in [-0.2, 0) is 27.2 Å². The summed E-state index contributed by atoms with van der Waals surface area (Å²) in [5, 5.41) is 46.7. The number of fused-ring (bicyclic) bond motifs is 3. The van der Waals surface area contributed by atoms with Crippen LogP contribution in [0.4, 0.5) is 10.1 Å². The summed E-state index contributed by atoms with van der Waals surface area (Å²) in [6, 6.07) is -0.125. The van der Waals surface area contributed by atoms with Gasteiger partial charge in [0.15, 0.2) is 17.1 Å². The molecule has 38 heavy (non-hydrogen) atoms. The monoisotopic (exact) mass is 530 g/mol. The van der Waals surface area contributed by atoms with Gasteiger partial charge in [-0.3, -0.25) is 14.4 Å². The molecule has 1 aromatic carbocycles. The lowest BCUT2D eigenvalue weighted by Gasteiger charge is -2.46. The van der Waals surface area contributed by atoms with E-state index in [1.165, 1.54) is 6.92 Å². The van der Waals surface area contributed by atoms with Crippen molar-refractivity contribution in [2.75, 3.05) is 18.4 Å². The Kier molecular flexibility index (Phi) is 7.42. The number of nitrogens with zero attached hydrogens (tertiary/aromatic N) is 1. The number of carbonyl (C=O) groups excluding carboxylic acids is 3. The van der Waals surface area contributed by atoms with Crippen LogP contribution in [0.3, 0.4) is 0 Å². The number of ketones is 2. The van der Waals surface area contributed by atoms with Crippen molar-refractivity contribution < 1.29 is 39.2 Å². The fourth-order valence-corrected chi connectivity index (χ4v) is 6.47. The summed E-state index contributed by atoms with van der Waals surface area (Å²) in [5.74, 6) is -5.77. The molecule has 0 aliphatic heterocycles. The van der Waals surface area contributed by atoms with Gasteiger partial charge in [-0.25, -0.2) is 4.39 Å². The van der Waals surface area contributed by atoms with E-state index in [0.29, 0.717) is 6.41 Å². The van der Waals surface area contributed by atoms with Gasteiger partial charge in [-0.15, -0.1) is 0 Å². The fraction of sp³-hybridized carbons (Fsp3) is 0.536. The van der Waals surface area contributed by atoms with Crippen LogP contribution in [0.1, 0.15) is 63.6 Å². The molecule has 1 aromatic rings. The maximum absolute atomic E-state index is 16.2. The number of aliphatic hydroxyl groups is 3. The lowest BCUT2D eigenvalue weighted by molar-refractivity contribution is -0.147. The van der Waals surface area contributed by atoms with E-state index in [1.807, 2.05) is 20.8 Å². The number of hydrogen-bond donors (Lipinski definition) is 5. The van der Waals surface area contributed by atoms with Crippen molar-refractivity contribution in [3.05, 3.63) is 39.4 Å². The van der Waals surface area contributed by atoms with Crippen molar-refractivity contribution in [1.82, 2.24) is 4.90 Å². The van der Waals surface area contributed by atoms with Crippen molar-refractivity contribution in [3.8, 4) is 5.75 Å². The molecule has 1 fully saturated rings. The third-order valence-electron chi connectivity index (χ3n) is 8.52. The molecule has 3 aliphatic carbocycles. The van der Waals surface area contributed by atoms with Crippen LogP contribution >= 0.6 is 0 Å². The number of halogens is 1. The number of amides is 1. The molecule has 0 spiro atoms. The standard InChI is InChI=1S/C28H35FN2O7/c1-5-7-31(6-2)13(3)8-18-22(29)17-10-15-9-16-11-19(33)14(4)26(36)28(16,38)27(37)20(15)24(34)21(17)25(35)23(18)30-12-32/h12-13,15-16,34-36,38H,5-11H2,1-4H3,(H,30,32)/t13?,15?,16-,28+/m0/s1. The quantitative estimate of drug-likeness (QED) is 0.254. The number of likely N-dealkylation sites (N-methyl/N-ethyl adjacent to an activating group) is 1. The van der Waals surface area contributed by atoms with Gasteiger partial charge in [0, 0.05) is 40.7 Å². The zero-order chi connectivity index (χ0) is 28.1. The molecular formula is C28H35FN2O7. The smallest absolute Gasteiger partial charge is 0.211 e. The Labute approximate surface area is 220 Å². The number of phenols is 1. The number of Topliss-reactive ketones (excluding diaryl/α,β-unsaturated/α-hetero) is 2. The molecule has 206 valence electrons. The van der Waals surface area contributed by atoms with Crippen LogP contribution in [-0.4, -0.2) is 68.0 Å². The largest absolute Gasteiger partial charge is 0.508 e. The first-order valence-electron chi connectivity index (χ1n) is 13.1. The first-order chi connectivity index (χ1) is 17.9. The second-order valence-electron chi connectivity index (χ2n) is 10.6. The SMILES string of the molecule is CCCN(CC)C(C)Cc1c(F)c2c(c(O)c1NC=O)C(O)=C1C(=O)[C@]3(O)C(O)=C(C)C(=O)C[C@@H]3CC1C2. The van der Waals surface area contributed by atoms with Crippen LogP contribution < -0.4 is 5.32 Å². The molecule has 10 heteroatoms. The Morgan fingerprint density at radius 2 is 1.89 bits per heavy atom. The van der Waals surface area contributed by atoms with Crippen LogP contribution in [0, 0.1) is 17.7 Å². The highest BCUT2D eigenvalue weighted by molar-refractivity contribution is 6.13. The average Bonchev–Trinajstić information content (AvgIpc) is 2.88. The molecule has 0 bridgehead atoms. The molecule has 1 saturated carbocycles. The first-order valence-corrected chi connectivity index (χ1v) is 13.1. The summed E-state index contributed by atoms with van der Waals surface area (Å²) in [6.45, 7) is 8.79. The minimum Gasteiger partial charge on any atom is -0.508 e. The summed E-state index contributed by atoms with van der Waals surface area (Å²) < 4.78 is 16.2. The number of aliphatic hydroxyl groups excluding tert-OH is 2. The van der Waals surface area contributed by atoms with E-state index >= 15 is 4.39 Å². The molecule has 2 unspecified atom stereocenters. The maximum atomic E-state index is 16.2. The molecule has 1 amide bonds. The molecule has 9 nitrogen and oxygen atoms in total. The van der Waals surface area contributed by atoms with Gasteiger partial charge in [0.1, 0.15) is 17.3 Å². The van der Waals surface area contributed by atoms with Crippen LogP contribution in [0.5, 0.6) is 5.75 Å². The normalized spacial score (nSPS) is 25.8. The highest BCUT2D eigenvalue weighted by Gasteiger charge is 2.59. The van der Waals surface area contributed by atoms with E-state index in [-0.39, 0.29) is 65.2 Å². The molecule has 0 saturated heterocycles. The number of anilines is 1. The van der Waals surface area contributed by atoms with Gasteiger partial charge in [-0.1, -0.05) is 13.8 Å². The number of phenolic OH excluding ortho intramolecular Hbond substituents is 1. The molecule has 0 aromatic heterocycles. The predicted molar refractivity (Wildman–Crippen MR) is 138 cm³/mol. The summed E-state index contributed by atoms with van der Waals surface area (Å²) in [6.07, 6.45) is 1.18. The number of carbonyl (C=O) groups is 3. The van der Waals surface area contributed by atoms with Crippen molar-refractivity contribution in [2.24, 2.45) is 11.8 Å². The zero-order valence-corrected chi connectivity index (χ0v) is 22.1. The summed E-state index contributed by atoms with van der Waals surface area (Å²) in [7, 11) is 0. The Morgan fingerprint density at radius 1 is 1.21 bits per heavy atom. The van der Waals surface area contributed by atoms with E-state index in [0.717, 1.165) is 19.5 Å². The molecule has 3 aliphatic rings. The fourth-order valence-electron chi connectivity index (χ4n) is 6.47. The van der Waals surface area contributed by atoms with Crippen molar-refractivity contribution in [1.29, 1.82) is 0 Å². The Balaban J connectivity index is 1.88. The summed E-state index contributed by atoms with van der Waals surface area (Å²) in [5.41, 5.74) is -3.18. The van der Waals surface area contributed by atoms with Crippen LogP contribution in [0.25, 0.3) is 5.76 Å². The van der Waals surface area contributed by atoms with Crippen molar-refractivity contribution >= 4 is 29.4 Å². The van der Waals surface area contributed by atoms with E-state index < -0.39 is 52.1 Å². The van der Waals surface area contributed by atoms with E-state index in [4.69, 9.17) is 0 Å². The van der Waals surface area contributed by atoms with Crippen molar-refractivity contribution in [2.45, 2.75) is 71.4 Å². The molecule has 4 rings (SSSR count). The van der Waals surface area contributed by atoms with Gasteiger partial charge < -0.3 is 30.6 Å². The number of allylic oxidation sites excluding steroid dienone is 1. The first kappa shape index (κ1) is 27.8. The lowest BCUT2D eigenvalue weighted by atomic mass is 9.59. The van der Waals surface area contributed by atoms with E-state index in [9.17, 15) is 34.8 Å². The Bertz CT molecular complexity index is 1270. The minimum atomic E-state index is -2.40. The predicted octanol–water partition coefficient (Wildman–Crippen LogP) is 3.33. The topological polar surface area (TPSA) is 147 Å². The van der Waals surface area contributed by atoms with E-state index in [1.54, 1.807) is 0 Å². The Morgan fingerprint density at radius 3 is 2.50 bits per heavy atom. The van der Waals surface area contributed by atoms with Gasteiger partial charge >= 0.3 is 0 Å². The second kappa shape index (κ2) is 10.1. The van der Waals surface area contributed by atoms with Gasteiger partial charge in [-0.2, -0.15) is 0 Å². The zero-order valence-electron chi connectivity index (χ0n) is 22.1. The molecule has 5 N–H and O–H groups in total. The van der Waals surface area contributed by atoms with E-state index in [2.05, 4.69) is 10.2 Å². The van der Waals surface area contributed by atoms with Crippen LogP contribution in [0.2, 0.25) is 0 Å². The number of nitrogens with one attached hydrogen (secondary N) is 1. The Hall–Kier alpha value is -3.24. The third kappa shape index (κ3) is 4.01. The molecular weight excluding hydrogens is 495 g/mol. The second-order valence-corrected chi connectivity index (χ2v) is 10.6. The summed E-state index contributed by atoms with van der Waals surface area (Å²) >= 11 is 0. The third-order valence-corrected chi connectivity index (χ3v) is 8.52. The summed E-state index contributed by atoms with van der Waals surface area (Å²) in [4.78, 5) is 39.5. The lowest BCUT2D eigenvalue weighted by Crippen LogP contribution is -2.57. The number of aromatic hydroxyl groups is 1. The van der Waals surface area contributed by atoms with Gasteiger partial charge in [0.05, 0.1) is 11.3 Å². The van der Waals surface area contributed by atoms with Crippen molar-refractivity contribution in [3.63, 3.8) is 0 Å². The molecule has 0 radical (unpaired) electrons.